The summed E-state index contributed by atoms with van der Waals surface area (Å²) in [7, 11) is 1.62. The maximum atomic E-state index is 12.2. The van der Waals surface area contributed by atoms with Gasteiger partial charge >= 0.3 is 0 Å². The molecule has 2 aromatic rings. The molecule has 0 radical (unpaired) electrons. The van der Waals surface area contributed by atoms with Crippen LogP contribution in [-0.4, -0.2) is 55.5 Å². The number of ether oxygens (including phenoxy) is 1. The summed E-state index contributed by atoms with van der Waals surface area (Å²) in [4.78, 5) is 18.1. The van der Waals surface area contributed by atoms with E-state index in [9.17, 15) is 4.79 Å². The van der Waals surface area contributed by atoms with Gasteiger partial charge in [0.05, 0.1) is 18.0 Å². The number of nitrogens with zero attached hydrogens (tertiary/aromatic N) is 2. The van der Waals surface area contributed by atoms with Crippen molar-refractivity contribution in [1.29, 1.82) is 0 Å². The molecular formula is C18H22ClN3O2S. The molecule has 1 fully saturated rings. The molecule has 0 aliphatic carbocycles. The Bertz CT molecular complexity index is 714. The second-order valence-electron chi connectivity index (χ2n) is 6.04. The molecule has 0 atom stereocenters. The first-order chi connectivity index (χ1) is 12.1. The van der Waals surface area contributed by atoms with E-state index in [4.69, 9.17) is 16.3 Å². The Morgan fingerprint density at radius 2 is 1.96 bits per heavy atom. The number of methoxy groups -OCH3 is 1. The molecular weight excluding hydrogens is 358 g/mol. The molecule has 134 valence electrons. The van der Waals surface area contributed by atoms with Crippen LogP contribution in [0.1, 0.15) is 4.88 Å². The van der Waals surface area contributed by atoms with Crippen molar-refractivity contribution in [2.45, 2.75) is 6.54 Å². The summed E-state index contributed by atoms with van der Waals surface area (Å²) in [5.41, 5.74) is 0.762. The topological polar surface area (TPSA) is 44.8 Å². The average Bonchev–Trinajstić information content (AvgIpc) is 3.01. The number of carbonyl (C=O) groups is 1. The van der Waals surface area contributed by atoms with Gasteiger partial charge in [-0.25, -0.2) is 0 Å². The van der Waals surface area contributed by atoms with Crippen molar-refractivity contribution in [3.05, 3.63) is 45.6 Å². The van der Waals surface area contributed by atoms with Gasteiger partial charge in [-0.3, -0.25) is 14.6 Å². The molecule has 1 aliphatic heterocycles. The molecule has 3 rings (SSSR count). The highest BCUT2D eigenvalue weighted by molar-refractivity contribution is 7.16. The van der Waals surface area contributed by atoms with E-state index in [2.05, 4.69) is 21.2 Å². The number of thiophene rings is 1. The van der Waals surface area contributed by atoms with E-state index in [0.29, 0.717) is 6.54 Å². The second kappa shape index (κ2) is 8.67. The molecule has 0 bridgehead atoms. The number of carbonyl (C=O) groups excluding carboxylic acids is 1. The standard InChI is InChI=1S/C18H22ClN3O2S/c1-24-15-4-2-3-14(11-15)20-18(23)13-22-9-7-21(8-10-22)12-16-5-6-17(19)25-16/h2-6,11H,7-10,12-13H2,1H3,(H,20,23). The Kier molecular flexibility index (Phi) is 6.31. The number of hydrogen-bond donors (Lipinski definition) is 1. The van der Waals surface area contributed by atoms with Gasteiger partial charge in [-0.2, -0.15) is 0 Å². The van der Waals surface area contributed by atoms with Crippen LogP contribution in [0.25, 0.3) is 0 Å². The number of nitrogens with one attached hydrogen (secondary N) is 1. The van der Waals surface area contributed by atoms with Crippen LogP contribution in [0.2, 0.25) is 4.34 Å². The van der Waals surface area contributed by atoms with Gasteiger partial charge in [0.1, 0.15) is 5.75 Å². The lowest BCUT2D eigenvalue weighted by atomic mass is 10.2. The van der Waals surface area contributed by atoms with E-state index < -0.39 is 0 Å². The van der Waals surface area contributed by atoms with Gasteiger partial charge in [0, 0.05) is 49.4 Å². The third-order valence-corrected chi connectivity index (χ3v) is 5.41. The van der Waals surface area contributed by atoms with Crippen LogP contribution in [0, 0.1) is 0 Å². The molecule has 0 spiro atoms. The number of hydrogen-bond acceptors (Lipinski definition) is 5. The Balaban J connectivity index is 1.42. The van der Waals surface area contributed by atoms with Gasteiger partial charge in [-0.05, 0) is 24.3 Å². The molecule has 1 saturated heterocycles. The summed E-state index contributed by atoms with van der Waals surface area (Å²) >= 11 is 7.62. The predicted octanol–water partition coefficient (Wildman–Crippen LogP) is 3.17. The maximum Gasteiger partial charge on any atom is 0.238 e. The van der Waals surface area contributed by atoms with Crippen LogP contribution in [0.4, 0.5) is 5.69 Å². The minimum Gasteiger partial charge on any atom is -0.497 e. The van der Waals surface area contributed by atoms with Gasteiger partial charge in [-0.1, -0.05) is 17.7 Å². The first-order valence-electron chi connectivity index (χ1n) is 8.25. The molecule has 1 aromatic heterocycles. The lowest BCUT2D eigenvalue weighted by Crippen LogP contribution is -2.48. The van der Waals surface area contributed by atoms with Crippen molar-refractivity contribution in [1.82, 2.24) is 9.80 Å². The quantitative estimate of drug-likeness (QED) is 0.837. The molecule has 1 aliphatic rings. The monoisotopic (exact) mass is 379 g/mol. The highest BCUT2D eigenvalue weighted by Crippen LogP contribution is 2.23. The Hall–Kier alpha value is -1.60. The number of amides is 1. The molecule has 2 heterocycles. The van der Waals surface area contributed by atoms with E-state index in [0.717, 1.165) is 48.5 Å². The van der Waals surface area contributed by atoms with E-state index in [1.54, 1.807) is 18.4 Å². The van der Waals surface area contributed by atoms with Crippen molar-refractivity contribution in [3.63, 3.8) is 0 Å². The van der Waals surface area contributed by atoms with E-state index in [1.807, 2.05) is 30.3 Å². The number of rotatable bonds is 6. The minimum atomic E-state index is 0.00624. The van der Waals surface area contributed by atoms with Crippen LogP contribution >= 0.6 is 22.9 Å². The fraction of sp³-hybridized carbons (Fsp3) is 0.389. The van der Waals surface area contributed by atoms with Crippen LogP contribution in [0.5, 0.6) is 5.75 Å². The van der Waals surface area contributed by atoms with Crippen LogP contribution < -0.4 is 10.1 Å². The van der Waals surface area contributed by atoms with Crippen molar-refractivity contribution in [2.24, 2.45) is 0 Å². The van der Waals surface area contributed by atoms with Crippen LogP contribution in [-0.2, 0) is 11.3 Å². The van der Waals surface area contributed by atoms with Gasteiger partial charge in [0.2, 0.25) is 5.91 Å². The number of anilines is 1. The average molecular weight is 380 g/mol. The largest absolute Gasteiger partial charge is 0.497 e. The molecule has 1 amide bonds. The number of piperazine rings is 1. The summed E-state index contributed by atoms with van der Waals surface area (Å²) in [6.07, 6.45) is 0. The number of benzene rings is 1. The molecule has 7 heteroatoms. The van der Waals surface area contributed by atoms with Gasteiger partial charge in [0.25, 0.3) is 0 Å². The van der Waals surface area contributed by atoms with Gasteiger partial charge in [0.15, 0.2) is 0 Å². The van der Waals surface area contributed by atoms with Crippen molar-refractivity contribution in [3.8, 4) is 5.75 Å². The van der Waals surface area contributed by atoms with Crippen molar-refractivity contribution < 1.29 is 9.53 Å². The Labute approximate surface area is 157 Å². The van der Waals surface area contributed by atoms with Crippen LogP contribution in [0.3, 0.4) is 0 Å². The summed E-state index contributed by atoms with van der Waals surface area (Å²) < 4.78 is 6.01. The zero-order chi connectivity index (χ0) is 17.6. The molecule has 1 N–H and O–H groups in total. The highest BCUT2D eigenvalue weighted by atomic mass is 35.5. The smallest absolute Gasteiger partial charge is 0.238 e. The molecule has 5 nitrogen and oxygen atoms in total. The zero-order valence-electron chi connectivity index (χ0n) is 14.2. The zero-order valence-corrected chi connectivity index (χ0v) is 15.8. The molecule has 0 saturated carbocycles. The van der Waals surface area contributed by atoms with E-state index in [1.165, 1.54) is 4.88 Å². The second-order valence-corrected chi connectivity index (χ2v) is 7.84. The third-order valence-electron chi connectivity index (χ3n) is 4.19. The third kappa shape index (κ3) is 5.44. The van der Waals surface area contributed by atoms with E-state index >= 15 is 0 Å². The SMILES string of the molecule is COc1cccc(NC(=O)CN2CCN(Cc3ccc(Cl)s3)CC2)c1. The van der Waals surface area contributed by atoms with Gasteiger partial charge in [-0.15, -0.1) is 11.3 Å². The van der Waals surface area contributed by atoms with Gasteiger partial charge < -0.3 is 10.1 Å². The summed E-state index contributed by atoms with van der Waals surface area (Å²) in [5.74, 6) is 0.742. The lowest BCUT2D eigenvalue weighted by Gasteiger charge is -2.34. The predicted molar refractivity (Wildman–Crippen MR) is 103 cm³/mol. The Morgan fingerprint density at radius 3 is 2.64 bits per heavy atom. The first-order valence-corrected chi connectivity index (χ1v) is 9.44. The molecule has 25 heavy (non-hydrogen) atoms. The normalized spacial score (nSPS) is 15.9. The first kappa shape index (κ1) is 18.2. The fourth-order valence-electron chi connectivity index (χ4n) is 2.87. The summed E-state index contributed by atoms with van der Waals surface area (Å²) in [6.45, 7) is 5.05. The van der Waals surface area contributed by atoms with Crippen molar-refractivity contribution >= 4 is 34.5 Å². The minimum absolute atomic E-state index is 0.00624. The Morgan fingerprint density at radius 1 is 1.20 bits per heavy atom. The van der Waals surface area contributed by atoms with Crippen molar-refractivity contribution in [2.75, 3.05) is 45.2 Å². The summed E-state index contributed by atoms with van der Waals surface area (Å²) in [5, 5.41) is 2.93. The van der Waals surface area contributed by atoms with Crippen LogP contribution in [0.15, 0.2) is 36.4 Å². The fourth-order valence-corrected chi connectivity index (χ4v) is 4.00. The highest BCUT2D eigenvalue weighted by Gasteiger charge is 2.19. The summed E-state index contributed by atoms with van der Waals surface area (Å²) in [6, 6.07) is 11.4. The van der Waals surface area contributed by atoms with E-state index in [-0.39, 0.29) is 5.91 Å². The number of halogens is 1. The molecule has 0 unspecified atom stereocenters. The molecule has 1 aromatic carbocycles. The lowest BCUT2D eigenvalue weighted by molar-refractivity contribution is -0.117. The maximum absolute atomic E-state index is 12.2.